The van der Waals surface area contributed by atoms with Crippen molar-refractivity contribution in [1.82, 2.24) is 9.97 Å². The maximum Gasteiger partial charge on any atom is 0.360 e. The summed E-state index contributed by atoms with van der Waals surface area (Å²) in [5.74, 6) is -1.63. The monoisotopic (exact) mass is 754 g/mol. The third-order valence-electron chi connectivity index (χ3n) is 9.09. The van der Waals surface area contributed by atoms with Gasteiger partial charge in [-0.25, -0.2) is 19.6 Å². The summed E-state index contributed by atoms with van der Waals surface area (Å²) in [6, 6.07) is 0. The minimum absolute atomic E-state index is 0.0363. The summed E-state index contributed by atoms with van der Waals surface area (Å²) in [5.41, 5.74) is -1.04. The molecule has 0 saturated carbocycles. The highest BCUT2D eigenvalue weighted by molar-refractivity contribution is 6.04. The van der Waals surface area contributed by atoms with E-state index in [1.54, 1.807) is 64.2 Å². The molecule has 2 aromatic heterocycles. The van der Waals surface area contributed by atoms with E-state index in [0.29, 0.717) is 0 Å². The molecule has 0 radical (unpaired) electrons. The number of ketones is 2. The van der Waals surface area contributed by atoms with E-state index in [4.69, 9.17) is 32.5 Å². The number of carbonyl (C=O) groups excluding carboxylic acids is 4. The number of hydrogen-bond donors (Lipinski definition) is 0. The lowest BCUT2D eigenvalue weighted by molar-refractivity contribution is -0.128. The van der Waals surface area contributed by atoms with E-state index in [1.165, 1.54) is 31.8 Å². The molecule has 0 spiro atoms. The molecule has 5 rings (SSSR count). The summed E-state index contributed by atoms with van der Waals surface area (Å²) in [4.78, 5) is 60.6. The highest BCUT2D eigenvalue weighted by Crippen LogP contribution is 2.31. The second-order valence-corrected chi connectivity index (χ2v) is 13.5. The summed E-state index contributed by atoms with van der Waals surface area (Å²) in [6.45, 7) is 10.8. The van der Waals surface area contributed by atoms with Crippen LogP contribution in [0.2, 0.25) is 0 Å². The highest BCUT2D eigenvalue weighted by Gasteiger charge is 2.39. The van der Waals surface area contributed by atoms with Gasteiger partial charge in [-0.15, -0.1) is 0 Å². The average molecular weight is 755 g/mol. The molecule has 7 atom stereocenters. The van der Waals surface area contributed by atoms with Crippen LogP contribution in [0.4, 0.5) is 0 Å². The standard InChI is InChI=1S/C42H46N2O11/c1-7-13-30(45)26(3)31-16-11-17-33-32(52-33)15-9-10-20-38-43-29(24-50-38)41(48)55-37(42(4,5)36(46)14-8-2)19-12-18-34-35(53-34)22-21-27(49-6)23-39-44-28(25-51-39)40(47)54-31/h7-15,17-18,20-22,24-25,27,31-35,37H,3,16,19,23H2,1-2,4-6H3/b13-7+,14-8+,15-9+,17-11-,18-12-,20-10-,22-21+/t27-,31-,32-,33+,34?,35?,37-/m0/s1. The van der Waals surface area contributed by atoms with Gasteiger partial charge in [0.1, 0.15) is 49.2 Å². The smallest absolute Gasteiger partial charge is 0.360 e. The Labute approximate surface area is 319 Å². The molecule has 2 fully saturated rings. The molecular formula is C42H46N2O11. The van der Waals surface area contributed by atoms with Gasteiger partial charge in [-0.3, -0.25) is 9.59 Å². The lowest BCUT2D eigenvalue weighted by Gasteiger charge is -2.30. The zero-order valence-electron chi connectivity index (χ0n) is 31.5. The minimum atomic E-state index is -1.05. The summed E-state index contributed by atoms with van der Waals surface area (Å²) in [5, 5.41) is 0. The second-order valence-electron chi connectivity index (χ2n) is 13.5. The third kappa shape index (κ3) is 11.3. The van der Waals surface area contributed by atoms with Gasteiger partial charge >= 0.3 is 11.9 Å². The van der Waals surface area contributed by atoms with Gasteiger partial charge in [0.15, 0.2) is 28.8 Å². The number of epoxide rings is 2. The van der Waals surface area contributed by atoms with E-state index in [2.05, 4.69) is 16.5 Å². The van der Waals surface area contributed by atoms with Crippen molar-refractivity contribution < 1.29 is 51.7 Å². The highest BCUT2D eigenvalue weighted by atomic mass is 16.6. The number of nitrogens with zero attached hydrogens (tertiary/aromatic N) is 2. The zero-order valence-corrected chi connectivity index (χ0v) is 31.5. The van der Waals surface area contributed by atoms with Crippen LogP contribution in [0.1, 0.15) is 73.3 Å². The van der Waals surface area contributed by atoms with Crippen LogP contribution < -0.4 is 0 Å². The van der Waals surface area contributed by atoms with Crippen LogP contribution >= 0.6 is 0 Å². The van der Waals surface area contributed by atoms with Gasteiger partial charge in [-0.1, -0.05) is 73.4 Å². The van der Waals surface area contributed by atoms with Crippen molar-refractivity contribution in [1.29, 1.82) is 0 Å². The largest absolute Gasteiger partial charge is 0.456 e. The fourth-order valence-corrected chi connectivity index (χ4v) is 5.54. The Morgan fingerprint density at radius 1 is 0.818 bits per heavy atom. The Bertz CT molecular complexity index is 1940. The number of carbonyl (C=O) groups is 4. The summed E-state index contributed by atoms with van der Waals surface area (Å²) in [6.07, 6.45) is 23.7. The fraction of sp³-hybridized carbons (Fsp3) is 0.381. The second kappa shape index (κ2) is 18.7. The first-order valence-electron chi connectivity index (χ1n) is 18.0. The van der Waals surface area contributed by atoms with Crippen molar-refractivity contribution in [2.45, 2.75) is 89.7 Å². The van der Waals surface area contributed by atoms with Gasteiger partial charge in [0, 0.05) is 31.6 Å². The normalized spacial score (nSPS) is 29.5. The molecule has 4 bridgehead atoms. The molecule has 290 valence electrons. The van der Waals surface area contributed by atoms with Gasteiger partial charge in [-0.2, -0.15) is 0 Å². The molecule has 0 aliphatic carbocycles. The van der Waals surface area contributed by atoms with Crippen molar-refractivity contribution in [2.75, 3.05) is 7.11 Å². The average Bonchev–Trinajstić information content (AvgIpc) is 3.96. The van der Waals surface area contributed by atoms with Gasteiger partial charge < -0.3 is 32.5 Å². The number of ether oxygens (including phenoxy) is 5. The Hall–Kier alpha value is -5.50. The molecule has 2 saturated heterocycles. The van der Waals surface area contributed by atoms with Crippen molar-refractivity contribution in [3.8, 4) is 0 Å². The maximum absolute atomic E-state index is 13.2. The van der Waals surface area contributed by atoms with Gasteiger partial charge in [0.2, 0.25) is 5.89 Å². The Kier molecular flexibility index (Phi) is 13.8. The first-order chi connectivity index (χ1) is 26.4. The summed E-state index contributed by atoms with van der Waals surface area (Å²) in [7, 11) is 1.54. The lowest BCUT2D eigenvalue weighted by atomic mass is 9.80. The molecule has 3 aliphatic heterocycles. The van der Waals surface area contributed by atoms with Crippen LogP contribution in [0, 0.1) is 5.41 Å². The predicted molar refractivity (Wildman–Crippen MR) is 201 cm³/mol. The van der Waals surface area contributed by atoms with E-state index in [9.17, 15) is 19.2 Å². The Morgan fingerprint density at radius 3 is 2.16 bits per heavy atom. The topological polar surface area (TPSA) is 173 Å². The van der Waals surface area contributed by atoms with Gasteiger partial charge in [0.25, 0.3) is 0 Å². The molecule has 0 amide bonds. The van der Waals surface area contributed by atoms with Crippen LogP contribution in [0.5, 0.6) is 0 Å². The number of esters is 2. The molecule has 3 aliphatic rings. The predicted octanol–water partition coefficient (Wildman–Crippen LogP) is 6.41. The van der Waals surface area contributed by atoms with Gasteiger partial charge in [-0.05, 0) is 39.8 Å². The van der Waals surface area contributed by atoms with E-state index in [0.717, 1.165) is 0 Å². The molecule has 13 heteroatoms. The number of oxazole rings is 2. The number of hydrogen-bond acceptors (Lipinski definition) is 13. The van der Waals surface area contributed by atoms with Crippen molar-refractivity contribution >= 4 is 29.6 Å². The van der Waals surface area contributed by atoms with Crippen molar-refractivity contribution in [3.05, 3.63) is 127 Å². The molecular weight excluding hydrogens is 708 g/mol. The van der Waals surface area contributed by atoms with Crippen LogP contribution in [0.25, 0.3) is 6.08 Å². The zero-order chi connectivity index (χ0) is 39.5. The Balaban J connectivity index is 1.36. The van der Waals surface area contributed by atoms with Crippen molar-refractivity contribution in [3.63, 3.8) is 0 Å². The van der Waals surface area contributed by atoms with Crippen LogP contribution in [-0.4, -0.2) is 83.3 Å². The van der Waals surface area contributed by atoms with Crippen LogP contribution in [0.15, 0.2) is 113 Å². The lowest BCUT2D eigenvalue weighted by Crippen LogP contribution is -2.39. The molecule has 13 nitrogen and oxygen atoms in total. The number of rotatable bonds is 7. The molecule has 2 unspecified atom stereocenters. The summed E-state index contributed by atoms with van der Waals surface area (Å²) >= 11 is 0. The molecule has 55 heavy (non-hydrogen) atoms. The summed E-state index contributed by atoms with van der Waals surface area (Å²) < 4.78 is 39.6. The molecule has 0 N–H and O–H groups in total. The van der Waals surface area contributed by atoms with E-state index < -0.39 is 35.7 Å². The third-order valence-corrected chi connectivity index (χ3v) is 9.09. The number of cyclic esters (lactones) is 2. The van der Waals surface area contributed by atoms with E-state index in [1.807, 2.05) is 36.5 Å². The molecule has 5 heterocycles. The van der Waals surface area contributed by atoms with Gasteiger partial charge in [0.05, 0.1) is 17.9 Å². The first kappa shape index (κ1) is 40.7. The number of allylic oxidation sites excluding steroid dienone is 6. The van der Waals surface area contributed by atoms with E-state index in [-0.39, 0.29) is 84.0 Å². The minimum Gasteiger partial charge on any atom is -0.456 e. The van der Waals surface area contributed by atoms with E-state index >= 15 is 0 Å². The maximum atomic E-state index is 13.2. The number of methoxy groups -OCH3 is 1. The molecule has 2 aromatic rings. The fourth-order valence-electron chi connectivity index (χ4n) is 5.54. The number of fused-ring (bicyclic) bond motifs is 6. The van der Waals surface area contributed by atoms with Crippen LogP contribution in [0.3, 0.4) is 0 Å². The van der Waals surface area contributed by atoms with Crippen molar-refractivity contribution in [2.24, 2.45) is 5.41 Å². The molecule has 0 aromatic carbocycles. The van der Waals surface area contributed by atoms with Crippen LogP contribution in [-0.2, 0) is 39.7 Å². The SMILES string of the molecule is C=C(C(=O)/C=C/C)[C@@H]1C/C=C\[C@H]2O[C@H]2/C=C/C=C\c2nc(co2)C(=O)O[C@H](C(C)(C)C(=O)/C=C/C)C/C=C\C2OC2/C=C/[C@H](OC)Cc2nc(co2)C(=O)O1. The first-order valence-corrected chi connectivity index (χ1v) is 18.0. The number of aromatic nitrogens is 2. The Morgan fingerprint density at radius 2 is 1.45 bits per heavy atom. The quantitative estimate of drug-likeness (QED) is 0.131.